The Bertz CT molecular complexity index is 360. The van der Waals surface area contributed by atoms with Gasteiger partial charge in [-0.2, -0.15) is 0 Å². The molecule has 18 heavy (non-hydrogen) atoms. The van der Waals surface area contributed by atoms with E-state index < -0.39 is 17.6 Å². The lowest BCUT2D eigenvalue weighted by molar-refractivity contribution is 0.0746. The first-order chi connectivity index (χ1) is 8.54. The molecule has 6 heteroatoms. The van der Waals surface area contributed by atoms with Crippen LogP contribution in [0, 0.1) is 0 Å². The fraction of sp³-hybridized carbons (Fsp3) is 0.500. The number of thiol groups is 1. The number of hydrogen-bond acceptors (Lipinski definition) is 6. The largest absolute Gasteiger partial charge is 0.394 e. The minimum Gasteiger partial charge on any atom is -0.394 e. The highest BCUT2D eigenvalue weighted by atomic mass is 32.2. The quantitative estimate of drug-likeness (QED) is 0.283. The van der Waals surface area contributed by atoms with Crippen molar-refractivity contribution in [3.8, 4) is 0 Å². The summed E-state index contributed by atoms with van der Waals surface area (Å²) < 4.78 is 0. The van der Waals surface area contributed by atoms with Gasteiger partial charge < -0.3 is 20.4 Å². The molecule has 0 spiro atoms. The van der Waals surface area contributed by atoms with E-state index in [4.69, 9.17) is 10.2 Å². The van der Waals surface area contributed by atoms with Gasteiger partial charge >= 0.3 is 0 Å². The van der Waals surface area contributed by atoms with Crippen LogP contribution in [-0.2, 0) is 6.42 Å². The van der Waals surface area contributed by atoms with Crippen molar-refractivity contribution in [1.82, 2.24) is 0 Å². The maximum atomic E-state index is 9.60. The molecule has 1 aromatic rings. The van der Waals surface area contributed by atoms with Gasteiger partial charge in [-0.1, -0.05) is 18.2 Å². The smallest absolute Gasteiger partial charge is 0.123 e. The number of thioether (sulfide) groups is 1. The molecule has 0 aliphatic carbocycles. The molecule has 0 heterocycles. The number of aliphatic hydroxyl groups is 4. The van der Waals surface area contributed by atoms with Crippen LogP contribution in [-0.4, -0.2) is 50.4 Å². The number of benzene rings is 1. The van der Waals surface area contributed by atoms with Crippen molar-refractivity contribution in [2.24, 2.45) is 0 Å². The van der Waals surface area contributed by atoms with Gasteiger partial charge in [0.2, 0.25) is 0 Å². The fourth-order valence-electron chi connectivity index (χ4n) is 1.38. The van der Waals surface area contributed by atoms with Gasteiger partial charge in [-0.05, 0) is 11.6 Å². The van der Waals surface area contributed by atoms with Gasteiger partial charge in [-0.3, -0.25) is 0 Å². The van der Waals surface area contributed by atoms with Gasteiger partial charge in [0.15, 0.2) is 0 Å². The van der Waals surface area contributed by atoms with Gasteiger partial charge in [0.1, 0.15) is 5.44 Å². The summed E-state index contributed by atoms with van der Waals surface area (Å²) in [6.07, 6.45) is -1.40. The molecular formula is C12H18O4S2. The SMILES string of the molecule is OCC(O)CSc1ccccc1CC(O)C(O)S. The summed E-state index contributed by atoms with van der Waals surface area (Å²) >= 11 is 5.19. The molecule has 1 aromatic carbocycles. The Morgan fingerprint density at radius 3 is 2.44 bits per heavy atom. The predicted molar refractivity (Wildman–Crippen MR) is 75.0 cm³/mol. The zero-order chi connectivity index (χ0) is 13.5. The molecule has 0 saturated carbocycles. The van der Waals surface area contributed by atoms with Crippen molar-refractivity contribution in [1.29, 1.82) is 0 Å². The average molecular weight is 290 g/mol. The molecule has 0 bridgehead atoms. The van der Waals surface area contributed by atoms with E-state index in [1.165, 1.54) is 11.8 Å². The van der Waals surface area contributed by atoms with E-state index in [9.17, 15) is 10.2 Å². The minimum absolute atomic E-state index is 0.271. The molecule has 0 aliphatic heterocycles. The van der Waals surface area contributed by atoms with Crippen molar-refractivity contribution in [3.05, 3.63) is 29.8 Å². The zero-order valence-corrected chi connectivity index (χ0v) is 11.5. The standard InChI is InChI=1S/C12H18O4S2/c13-6-9(14)7-18-11-4-2-1-3-8(11)5-10(15)12(16)17/h1-4,9-10,12-17H,5-7H2. The Morgan fingerprint density at radius 1 is 1.17 bits per heavy atom. The van der Waals surface area contributed by atoms with Gasteiger partial charge in [0, 0.05) is 17.1 Å². The molecular weight excluding hydrogens is 272 g/mol. The molecule has 3 atom stereocenters. The molecule has 3 unspecified atom stereocenters. The van der Waals surface area contributed by atoms with Crippen LogP contribution in [0.3, 0.4) is 0 Å². The third-order valence-corrected chi connectivity index (χ3v) is 3.99. The van der Waals surface area contributed by atoms with Gasteiger partial charge in [-0.15, -0.1) is 24.4 Å². The molecule has 0 saturated heterocycles. The van der Waals surface area contributed by atoms with E-state index in [0.717, 1.165) is 10.5 Å². The lowest BCUT2D eigenvalue weighted by Crippen LogP contribution is -2.23. The van der Waals surface area contributed by atoms with Crippen molar-refractivity contribution in [2.45, 2.75) is 29.0 Å². The normalized spacial score (nSPS) is 16.3. The van der Waals surface area contributed by atoms with E-state index >= 15 is 0 Å². The summed E-state index contributed by atoms with van der Waals surface area (Å²) in [6.45, 7) is -0.271. The maximum Gasteiger partial charge on any atom is 0.123 e. The Morgan fingerprint density at radius 2 is 1.83 bits per heavy atom. The lowest BCUT2D eigenvalue weighted by Gasteiger charge is -2.16. The Balaban J connectivity index is 2.67. The minimum atomic E-state index is -1.08. The van der Waals surface area contributed by atoms with Gasteiger partial charge in [0.05, 0.1) is 18.8 Å². The average Bonchev–Trinajstić information content (AvgIpc) is 2.37. The third-order valence-electron chi connectivity index (χ3n) is 2.39. The van der Waals surface area contributed by atoms with Crippen molar-refractivity contribution in [3.63, 3.8) is 0 Å². The maximum absolute atomic E-state index is 9.60. The van der Waals surface area contributed by atoms with Gasteiger partial charge in [0.25, 0.3) is 0 Å². The summed E-state index contributed by atoms with van der Waals surface area (Å²) in [5.74, 6) is 0.382. The van der Waals surface area contributed by atoms with E-state index in [1.807, 2.05) is 24.3 Å². The van der Waals surface area contributed by atoms with Crippen LogP contribution in [0.25, 0.3) is 0 Å². The lowest BCUT2D eigenvalue weighted by atomic mass is 10.1. The van der Waals surface area contributed by atoms with Crippen LogP contribution in [0.2, 0.25) is 0 Å². The molecule has 0 aliphatic rings. The first-order valence-corrected chi connectivity index (χ1v) is 7.08. The second-order valence-corrected chi connectivity index (χ2v) is 5.53. The van der Waals surface area contributed by atoms with Crippen LogP contribution in [0.15, 0.2) is 29.2 Å². The third kappa shape index (κ3) is 5.17. The first-order valence-electron chi connectivity index (χ1n) is 5.58. The molecule has 0 radical (unpaired) electrons. The zero-order valence-electron chi connectivity index (χ0n) is 9.81. The highest BCUT2D eigenvalue weighted by molar-refractivity contribution is 7.99. The second kappa shape index (κ2) is 8.04. The summed E-state index contributed by atoms with van der Waals surface area (Å²) in [5.41, 5.74) is -0.195. The Kier molecular flexibility index (Phi) is 7.06. The highest BCUT2D eigenvalue weighted by Crippen LogP contribution is 2.25. The van der Waals surface area contributed by atoms with E-state index in [2.05, 4.69) is 12.6 Å². The molecule has 4 N–H and O–H groups in total. The second-order valence-electron chi connectivity index (χ2n) is 3.94. The highest BCUT2D eigenvalue weighted by Gasteiger charge is 2.15. The Hall–Kier alpha value is -0.240. The monoisotopic (exact) mass is 290 g/mol. The van der Waals surface area contributed by atoms with Crippen LogP contribution < -0.4 is 0 Å². The number of rotatable bonds is 7. The van der Waals surface area contributed by atoms with E-state index in [-0.39, 0.29) is 6.61 Å². The van der Waals surface area contributed by atoms with Crippen molar-refractivity contribution in [2.75, 3.05) is 12.4 Å². The molecule has 0 amide bonds. The number of hydrogen-bond donors (Lipinski definition) is 5. The van der Waals surface area contributed by atoms with Crippen LogP contribution in [0.1, 0.15) is 5.56 Å². The molecule has 4 nitrogen and oxygen atoms in total. The molecule has 0 fully saturated rings. The molecule has 1 rings (SSSR count). The van der Waals surface area contributed by atoms with Crippen LogP contribution in [0.5, 0.6) is 0 Å². The molecule has 0 aromatic heterocycles. The first kappa shape index (κ1) is 15.8. The summed E-state index contributed by atoms with van der Waals surface area (Å²) in [5, 5.41) is 36.8. The summed E-state index contributed by atoms with van der Waals surface area (Å²) in [7, 11) is 0. The van der Waals surface area contributed by atoms with E-state index in [0.29, 0.717) is 12.2 Å². The summed E-state index contributed by atoms with van der Waals surface area (Å²) in [4.78, 5) is 0.915. The van der Waals surface area contributed by atoms with Crippen molar-refractivity contribution >= 4 is 24.4 Å². The molecule has 102 valence electrons. The summed E-state index contributed by atoms with van der Waals surface area (Å²) in [6, 6.07) is 7.44. The fourth-order valence-corrected chi connectivity index (χ4v) is 2.48. The van der Waals surface area contributed by atoms with Crippen LogP contribution in [0.4, 0.5) is 0 Å². The predicted octanol–water partition coefficient (Wildman–Crippen LogP) is 0.284. The van der Waals surface area contributed by atoms with E-state index in [1.54, 1.807) is 0 Å². The number of aliphatic hydroxyl groups excluding tert-OH is 4. The van der Waals surface area contributed by atoms with Gasteiger partial charge in [-0.25, -0.2) is 0 Å². The Labute approximate surface area is 116 Å². The van der Waals surface area contributed by atoms with Crippen LogP contribution >= 0.6 is 24.4 Å². The topological polar surface area (TPSA) is 80.9 Å². The van der Waals surface area contributed by atoms with Crippen molar-refractivity contribution < 1.29 is 20.4 Å².